The van der Waals surface area contributed by atoms with Gasteiger partial charge < -0.3 is 0 Å². The van der Waals surface area contributed by atoms with Gasteiger partial charge in [0.25, 0.3) is 0 Å². The third kappa shape index (κ3) is 4.57. The fourth-order valence-corrected chi connectivity index (χ4v) is 4.95. The Morgan fingerprint density at radius 2 is 1.85 bits per heavy atom. The second-order valence-corrected chi connectivity index (χ2v) is 8.65. The molecule has 2 aromatic carbocycles. The molecule has 3 rings (SSSR count). The molecule has 0 spiro atoms. The molecule has 0 saturated heterocycles. The third-order valence-corrected chi connectivity index (χ3v) is 6.62. The Hall–Kier alpha value is -2.60. The van der Waals surface area contributed by atoms with Crippen molar-refractivity contribution in [2.75, 3.05) is 4.90 Å². The molecule has 1 atom stereocenters. The molecule has 1 unspecified atom stereocenters. The number of carbonyl (C=O) groups excluding carboxylic acids is 2. The van der Waals surface area contributed by atoms with Crippen molar-refractivity contribution in [1.29, 1.82) is 0 Å². The number of aryl methyl sites for hydroxylation is 1. The number of amides is 2. The van der Waals surface area contributed by atoms with E-state index in [1.165, 1.54) is 0 Å². The Morgan fingerprint density at radius 3 is 2.52 bits per heavy atom. The van der Waals surface area contributed by atoms with Crippen LogP contribution in [0.4, 0.5) is 5.69 Å². The number of hydrogen-bond acceptors (Lipinski definition) is 4. The maximum absolute atomic E-state index is 12.6. The molecule has 1 heterocycles. The average Bonchev–Trinajstić information content (AvgIpc) is 3.07. The number of para-hydroxylation sites is 1. The van der Waals surface area contributed by atoms with Gasteiger partial charge in [-0.1, -0.05) is 0 Å². The van der Waals surface area contributed by atoms with Crippen LogP contribution in [-0.2, 0) is 22.6 Å². The molecule has 140 valence electrons. The summed E-state index contributed by atoms with van der Waals surface area (Å²) in [5.41, 5.74) is 15.2. The van der Waals surface area contributed by atoms with Gasteiger partial charge in [0, 0.05) is 0 Å². The Morgan fingerprint density at radius 1 is 1.15 bits per heavy atom. The molecule has 0 fully saturated rings. The van der Waals surface area contributed by atoms with Crippen molar-refractivity contribution in [3.05, 3.63) is 75.9 Å². The molecule has 0 radical (unpaired) electrons. The van der Waals surface area contributed by atoms with E-state index in [0.29, 0.717) is 11.0 Å². The van der Waals surface area contributed by atoms with Gasteiger partial charge in [-0.25, -0.2) is 0 Å². The van der Waals surface area contributed by atoms with Crippen molar-refractivity contribution in [3.8, 4) is 0 Å². The van der Waals surface area contributed by atoms with Crippen molar-refractivity contribution in [2.24, 2.45) is 11.5 Å². The second kappa shape index (κ2) is 8.39. The van der Waals surface area contributed by atoms with Crippen LogP contribution in [0.2, 0.25) is 0 Å². The monoisotopic (exact) mass is 430 g/mol. The van der Waals surface area contributed by atoms with Gasteiger partial charge in [-0.05, 0) is 0 Å². The third-order valence-electron chi connectivity index (χ3n) is 4.25. The molecule has 2 amide bonds. The first-order valence-electron chi connectivity index (χ1n) is 8.57. The summed E-state index contributed by atoms with van der Waals surface area (Å²) in [7, 11) is 0. The molecule has 5 N–H and O–H groups in total. The normalized spacial score (nSPS) is 16.1. The minimum atomic E-state index is -0.458. The van der Waals surface area contributed by atoms with E-state index in [0.717, 1.165) is 22.4 Å². The van der Waals surface area contributed by atoms with Gasteiger partial charge in [0.1, 0.15) is 0 Å². The van der Waals surface area contributed by atoms with E-state index in [9.17, 15) is 9.59 Å². The fraction of sp³-hybridized carbons (Fsp3) is 0.200. The van der Waals surface area contributed by atoms with E-state index >= 15 is 0 Å². The number of nitrogens with two attached hydrogens (primary N) is 2. The molecule has 1 aliphatic heterocycles. The number of nitrogens with one attached hydrogen (secondary N) is 1. The molecule has 0 aromatic heterocycles. The number of benzene rings is 2. The second-order valence-electron chi connectivity index (χ2n) is 6.30. The summed E-state index contributed by atoms with van der Waals surface area (Å²) in [5.74, 6) is -0.555. The van der Waals surface area contributed by atoms with Crippen LogP contribution in [0, 0.1) is 6.92 Å². The molecule has 0 aliphatic carbocycles. The van der Waals surface area contributed by atoms with Crippen molar-refractivity contribution in [2.45, 2.75) is 25.0 Å². The SMILES string of the molecule is Cc1ccc(CC(=O)NC2[Se]C(C(N)=O)=CN2c2ccccc2CN)cc1. The number of primary amides is 1. The number of rotatable bonds is 6. The summed E-state index contributed by atoms with van der Waals surface area (Å²) in [4.78, 5) is 26.2. The van der Waals surface area contributed by atoms with Gasteiger partial charge in [-0.3, -0.25) is 0 Å². The zero-order valence-corrected chi connectivity index (χ0v) is 16.7. The maximum atomic E-state index is 12.6. The van der Waals surface area contributed by atoms with Gasteiger partial charge in [0.15, 0.2) is 0 Å². The van der Waals surface area contributed by atoms with Crippen LogP contribution in [0.25, 0.3) is 0 Å². The van der Waals surface area contributed by atoms with E-state index < -0.39 is 5.91 Å². The summed E-state index contributed by atoms with van der Waals surface area (Å²) in [6, 6.07) is 15.5. The van der Waals surface area contributed by atoms with Crippen LogP contribution in [0.1, 0.15) is 16.7 Å². The minimum absolute atomic E-state index is 0.0971. The van der Waals surface area contributed by atoms with Crippen molar-refractivity contribution in [3.63, 3.8) is 0 Å². The summed E-state index contributed by atoms with van der Waals surface area (Å²) in [5, 5.41) is 2.73. The number of hydrogen-bond donors (Lipinski definition) is 3. The van der Waals surface area contributed by atoms with Crippen LogP contribution < -0.4 is 21.7 Å². The summed E-state index contributed by atoms with van der Waals surface area (Å²) in [6.45, 7) is 2.37. The standard InChI is InChI=1S/C20H22N4O2Se/c1-13-6-8-14(9-7-13)10-18(25)23-20-24(12-17(27-20)19(22)26)16-5-3-2-4-15(16)11-21/h2-9,12,20H,10-11,21H2,1H3,(H2,22,26)(H,23,25). The molecular weight excluding hydrogens is 407 g/mol. The average molecular weight is 429 g/mol. The molecule has 0 bridgehead atoms. The quantitative estimate of drug-likeness (QED) is 0.595. The van der Waals surface area contributed by atoms with E-state index in [1.54, 1.807) is 6.20 Å². The zero-order chi connectivity index (χ0) is 19.4. The van der Waals surface area contributed by atoms with Gasteiger partial charge in [-0.15, -0.1) is 0 Å². The first kappa shape index (κ1) is 19.2. The van der Waals surface area contributed by atoms with Crippen molar-refractivity contribution >= 4 is 32.5 Å². The van der Waals surface area contributed by atoms with Crippen LogP contribution in [0.5, 0.6) is 0 Å². The molecular formula is C20H22N4O2Se. The molecule has 6 nitrogen and oxygen atoms in total. The Kier molecular flexibility index (Phi) is 5.96. The van der Waals surface area contributed by atoms with E-state index in [4.69, 9.17) is 11.5 Å². The van der Waals surface area contributed by atoms with Gasteiger partial charge in [0.2, 0.25) is 0 Å². The van der Waals surface area contributed by atoms with Crippen LogP contribution in [-0.4, -0.2) is 31.8 Å². The van der Waals surface area contributed by atoms with Gasteiger partial charge in [0.05, 0.1) is 0 Å². The molecule has 2 aromatic rings. The molecule has 7 heteroatoms. The summed E-state index contributed by atoms with van der Waals surface area (Å²) >= 11 is -0.295. The van der Waals surface area contributed by atoms with Gasteiger partial charge >= 0.3 is 165 Å². The predicted molar refractivity (Wildman–Crippen MR) is 107 cm³/mol. The van der Waals surface area contributed by atoms with E-state index in [2.05, 4.69) is 5.32 Å². The van der Waals surface area contributed by atoms with Gasteiger partial charge in [-0.2, -0.15) is 0 Å². The molecule has 0 saturated carbocycles. The Balaban J connectivity index is 1.79. The Bertz CT molecular complexity index is 880. The van der Waals surface area contributed by atoms with Crippen LogP contribution in [0.3, 0.4) is 0 Å². The summed E-state index contributed by atoms with van der Waals surface area (Å²) in [6.07, 6.45) is 2.01. The first-order valence-corrected chi connectivity index (χ1v) is 10.4. The predicted octanol–water partition coefficient (Wildman–Crippen LogP) is 0.947. The van der Waals surface area contributed by atoms with Crippen molar-refractivity contribution < 1.29 is 9.59 Å². The topological polar surface area (TPSA) is 101 Å². The molecule has 1 aliphatic rings. The first-order chi connectivity index (χ1) is 13.0. The number of anilines is 1. The van der Waals surface area contributed by atoms with E-state index in [-0.39, 0.29) is 32.3 Å². The zero-order valence-electron chi connectivity index (χ0n) is 15.0. The number of nitrogens with zero attached hydrogens (tertiary/aromatic N) is 1. The number of carbonyl (C=O) groups is 2. The van der Waals surface area contributed by atoms with Crippen molar-refractivity contribution in [1.82, 2.24) is 5.32 Å². The van der Waals surface area contributed by atoms with Crippen LogP contribution in [0.15, 0.2) is 59.2 Å². The molecule has 27 heavy (non-hydrogen) atoms. The van der Waals surface area contributed by atoms with E-state index in [1.807, 2.05) is 60.4 Å². The Labute approximate surface area is 164 Å². The summed E-state index contributed by atoms with van der Waals surface area (Å²) < 4.78 is 0.537. The van der Waals surface area contributed by atoms with Crippen LogP contribution >= 0.6 is 0 Å². The fourth-order valence-electron chi connectivity index (χ4n) is 2.83.